The molecule has 0 heterocycles. The van der Waals surface area contributed by atoms with E-state index in [4.69, 9.17) is 5.73 Å². The van der Waals surface area contributed by atoms with Gasteiger partial charge in [0.05, 0.1) is 0 Å². The standard InChI is InChI=1S/C13H20N2/c1-15(13-6-3-7-13)9-8-11-4-2-5-12(14)10-11/h2,4-5,10,13H,3,6-9,14H2,1H3. The quantitative estimate of drug-likeness (QED) is 0.762. The van der Waals surface area contributed by atoms with Gasteiger partial charge in [0.25, 0.3) is 0 Å². The van der Waals surface area contributed by atoms with E-state index in [0.29, 0.717) is 0 Å². The summed E-state index contributed by atoms with van der Waals surface area (Å²) in [5, 5.41) is 0. The highest BCUT2D eigenvalue weighted by Gasteiger charge is 2.21. The van der Waals surface area contributed by atoms with E-state index in [9.17, 15) is 0 Å². The van der Waals surface area contributed by atoms with Gasteiger partial charge in [-0.05, 0) is 44.0 Å². The van der Waals surface area contributed by atoms with Gasteiger partial charge in [0.2, 0.25) is 0 Å². The lowest BCUT2D eigenvalue weighted by molar-refractivity contribution is 0.161. The summed E-state index contributed by atoms with van der Waals surface area (Å²) in [4.78, 5) is 2.48. The molecule has 1 aromatic rings. The molecule has 15 heavy (non-hydrogen) atoms. The van der Waals surface area contributed by atoms with Crippen LogP contribution in [0, 0.1) is 0 Å². The summed E-state index contributed by atoms with van der Waals surface area (Å²) in [7, 11) is 2.23. The van der Waals surface area contributed by atoms with Crippen molar-refractivity contribution in [3.8, 4) is 0 Å². The lowest BCUT2D eigenvalue weighted by Crippen LogP contribution is -2.38. The van der Waals surface area contributed by atoms with Crippen molar-refractivity contribution in [2.75, 3.05) is 19.3 Å². The normalized spacial score (nSPS) is 16.7. The van der Waals surface area contributed by atoms with Crippen molar-refractivity contribution in [3.63, 3.8) is 0 Å². The van der Waals surface area contributed by atoms with Crippen molar-refractivity contribution in [1.82, 2.24) is 4.90 Å². The predicted molar refractivity (Wildman–Crippen MR) is 64.8 cm³/mol. The predicted octanol–water partition coefficient (Wildman–Crippen LogP) is 2.30. The number of nitrogens with two attached hydrogens (primary N) is 1. The molecule has 82 valence electrons. The summed E-state index contributed by atoms with van der Waals surface area (Å²) in [6.07, 6.45) is 5.28. The van der Waals surface area contributed by atoms with E-state index in [1.54, 1.807) is 0 Å². The van der Waals surface area contributed by atoms with Crippen LogP contribution in [-0.4, -0.2) is 24.5 Å². The van der Waals surface area contributed by atoms with Crippen molar-refractivity contribution < 1.29 is 0 Å². The van der Waals surface area contributed by atoms with Crippen LogP contribution in [-0.2, 0) is 6.42 Å². The molecular formula is C13H20N2. The van der Waals surface area contributed by atoms with Crippen LogP contribution in [0.2, 0.25) is 0 Å². The SMILES string of the molecule is CN(CCc1cccc(N)c1)C1CCC1. The summed E-state index contributed by atoms with van der Waals surface area (Å²) in [6, 6.07) is 9.05. The van der Waals surface area contributed by atoms with Gasteiger partial charge < -0.3 is 10.6 Å². The van der Waals surface area contributed by atoms with Crippen LogP contribution in [0.15, 0.2) is 24.3 Å². The van der Waals surface area contributed by atoms with E-state index < -0.39 is 0 Å². The van der Waals surface area contributed by atoms with Crippen molar-refractivity contribution in [2.45, 2.75) is 31.7 Å². The number of likely N-dealkylation sites (N-methyl/N-ethyl adjacent to an activating group) is 1. The van der Waals surface area contributed by atoms with E-state index in [2.05, 4.69) is 24.1 Å². The minimum atomic E-state index is 0.839. The fourth-order valence-electron chi connectivity index (χ4n) is 2.06. The van der Waals surface area contributed by atoms with E-state index in [1.165, 1.54) is 24.8 Å². The zero-order chi connectivity index (χ0) is 10.7. The minimum absolute atomic E-state index is 0.839. The highest BCUT2D eigenvalue weighted by atomic mass is 15.1. The highest BCUT2D eigenvalue weighted by Crippen LogP contribution is 2.23. The molecule has 0 radical (unpaired) electrons. The van der Waals surface area contributed by atoms with Crippen molar-refractivity contribution in [3.05, 3.63) is 29.8 Å². The van der Waals surface area contributed by atoms with Gasteiger partial charge >= 0.3 is 0 Å². The van der Waals surface area contributed by atoms with Crippen LogP contribution >= 0.6 is 0 Å². The topological polar surface area (TPSA) is 29.3 Å². The maximum Gasteiger partial charge on any atom is 0.0316 e. The van der Waals surface area contributed by atoms with Crippen LogP contribution < -0.4 is 5.73 Å². The van der Waals surface area contributed by atoms with Crippen molar-refractivity contribution in [1.29, 1.82) is 0 Å². The number of nitrogens with zero attached hydrogens (tertiary/aromatic N) is 1. The average molecular weight is 204 g/mol. The molecule has 0 amide bonds. The van der Waals surface area contributed by atoms with E-state index in [0.717, 1.165) is 24.7 Å². The first kappa shape index (κ1) is 10.5. The second-order valence-electron chi connectivity index (χ2n) is 4.56. The molecule has 0 aliphatic heterocycles. The van der Waals surface area contributed by atoms with Crippen molar-refractivity contribution in [2.24, 2.45) is 0 Å². The monoisotopic (exact) mass is 204 g/mol. The molecule has 0 atom stereocenters. The van der Waals surface area contributed by atoms with Gasteiger partial charge in [-0.3, -0.25) is 0 Å². The van der Waals surface area contributed by atoms with Gasteiger partial charge in [0, 0.05) is 18.3 Å². The molecule has 1 fully saturated rings. The Labute approximate surface area is 92.1 Å². The molecule has 0 bridgehead atoms. The second-order valence-corrected chi connectivity index (χ2v) is 4.56. The lowest BCUT2D eigenvalue weighted by Gasteiger charge is -2.34. The average Bonchev–Trinajstić information content (AvgIpc) is 2.12. The first-order valence-corrected chi connectivity index (χ1v) is 5.80. The fourth-order valence-corrected chi connectivity index (χ4v) is 2.06. The van der Waals surface area contributed by atoms with Gasteiger partial charge in [-0.1, -0.05) is 18.6 Å². The highest BCUT2D eigenvalue weighted by molar-refractivity contribution is 5.40. The zero-order valence-corrected chi connectivity index (χ0v) is 9.45. The number of hydrogen-bond donors (Lipinski definition) is 1. The third-order valence-corrected chi connectivity index (χ3v) is 3.40. The Kier molecular flexibility index (Phi) is 3.27. The maximum atomic E-state index is 5.75. The molecule has 2 rings (SSSR count). The molecule has 0 spiro atoms. The Hall–Kier alpha value is -1.02. The summed E-state index contributed by atoms with van der Waals surface area (Å²) in [6.45, 7) is 1.15. The first-order valence-electron chi connectivity index (χ1n) is 5.80. The molecule has 2 N–H and O–H groups in total. The molecule has 0 unspecified atom stereocenters. The zero-order valence-electron chi connectivity index (χ0n) is 9.45. The molecule has 1 aliphatic rings. The Balaban J connectivity index is 1.81. The Bertz CT molecular complexity index is 318. The minimum Gasteiger partial charge on any atom is -0.399 e. The second kappa shape index (κ2) is 4.67. The van der Waals surface area contributed by atoms with Crippen LogP contribution in [0.4, 0.5) is 5.69 Å². The van der Waals surface area contributed by atoms with E-state index >= 15 is 0 Å². The lowest BCUT2D eigenvalue weighted by atomic mass is 9.91. The smallest absolute Gasteiger partial charge is 0.0316 e. The van der Waals surface area contributed by atoms with Crippen LogP contribution in [0.3, 0.4) is 0 Å². The van der Waals surface area contributed by atoms with E-state index in [1.807, 2.05) is 12.1 Å². The van der Waals surface area contributed by atoms with Crippen LogP contribution in [0.5, 0.6) is 0 Å². The molecular weight excluding hydrogens is 184 g/mol. The third-order valence-electron chi connectivity index (χ3n) is 3.40. The van der Waals surface area contributed by atoms with Gasteiger partial charge in [0.15, 0.2) is 0 Å². The first-order chi connectivity index (χ1) is 7.25. The number of rotatable bonds is 4. The fraction of sp³-hybridized carbons (Fsp3) is 0.538. The number of anilines is 1. The van der Waals surface area contributed by atoms with Crippen LogP contribution in [0.25, 0.3) is 0 Å². The summed E-state index contributed by atoms with van der Waals surface area (Å²) >= 11 is 0. The van der Waals surface area contributed by atoms with Gasteiger partial charge in [-0.15, -0.1) is 0 Å². The summed E-state index contributed by atoms with van der Waals surface area (Å²) < 4.78 is 0. The van der Waals surface area contributed by atoms with Gasteiger partial charge in [0.1, 0.15) is 0 Å². The number of benzene rings is 1. The number of nitrogen functional groups attached to an aromatic ring is 1. The molecule has 1 aromatic carbocycles. The Morgan fingerprint density at radius 2 is 2.20 bits per heavy atom. The Morgan fingerprint density at radius 1 is 1.40 bits per heavy atom. The molecule has 0 aromatic heterocycles. The third kappa shape index (κ3) is 2.72. The molecule has 1 saturated carbocycles. The summed E-state index contributed by atoms with van der Waals surface area (Å²) in [5.74, 6) is 0. The molecule has 2 heteroatoms. The number of hydrogen-bond acceptors (Lipinski definition) is 2. The van der Waals surface area contributed by atoms with Gasteiger partial charge in [-0.25, -0.2) is 0 Å². The Morgan fingerprint density at radius 3 is 2.80 bits per heavy atom. The van der Waals surface area contributed by atoms with Crippen LogP contribution in [0.1, 0.15) is 24.8 Å². The summed E-state index contributed by atoms with van der Waals surface area (Å²) in [5.41, 5.74) is 7.97. The van der Waals surface area contributed by atoms with E-state index in [-0.39, 0.29) is 0 Å². The van der Waals surface area contributed by atoms with Crippen molar-refractivity contribution >= 4 is 5.69 Å². The molecule has 0 saturated heterocycles. The van der Waals surface area contributed by atoms with Gasteiger partial charge in [-0.2, -0.15) is 0 Å². The molecule has 2 nitrogen and oxygen atoms in total. The molecule has 1 aliphatic carbocycles. The maximum absolute atomic E-state index is 5.75. The largest absolute Gasteiger partial charge is 0.399 e.